The Morgan fingerprint density at radius 2 is 1.82 bits per heavy atom. The van der Waals surface area contributed by atoms with Crippen LogP contribution in [0.3, 0.4) is 0 Å². The quantitative estimate of drug-likeness (QED) is 0.723. The van der Waals surface area contributed by atoms with Crippen LogP contribution in [0.2, 0.25) is 0 Å². The van der Waals surface area contributed by atoms with E-state index in [0.717, 1.165) is 45.4 Å². The summed E-state index contributed by atoms with van der Waals surface area (Å²) in [5.41, 5.74) is -0.203. The first-order valence-electron chi connectivity index (χ1n) is 9.29. The van der Waals surface area contributed by atoms with E-state index in [9.17, 15) is 18.3 Å². The Balaban J connectivity index is 0.00000196. The summed E-state index contributed by atoms with van der Waals surface area (Å²) in [6, 6.07) is 7.08. The molecule has 1 heterocycles. The van der Waals surface area contributed by atoms with Crippen LogP contribution in [0.25, 0.3) is 0 Å². The molecule has 1 aromatic rings. The van der Waals surface area contributed by atoms with Gasteiger partial charge < -0.3 is 20.1 Å². The molecular weight excluding hydrogens is 416 g/mol. The highest BCUT2D eigenvalue weighted by atomic mass is 35.5. The van der Waals surface area contributed by atoms with Crippen molar-refractivity contribution in [2.24, 2.45) is 0 Å². The summed E-state index contributed by atoms with van der Waals surface area (Å²) in [5.74, 6) is -0.592. The summed E-state index contributed by atoms with van der Waals surface area (Å²) in [6.45, 7) is 4.15. The number of hydrogen-bond acceptors (Lipinski definition) is 4. The van der Waals surface area contributed by atoms with E-state index in [1.54, 1.807) is 6.07 Å². The number of aliphatic hydroxyl groups is 1. The maximum absolute atomic E-state index is 12.6. The SMILES string of the molecule is Cl.Cl.OC1(C(CN2CCNCC2)c2cc[c]c(OC(F)(F)F)c2)CCCCC1. The second-order valence-electron chi connectivity index (χ2n) is 7.30. The number of benzene rings is 1. The molecule has 1 aliphatic heterocycles. The Labute approximate surface area is 176 Å². The summed E-state index contributed by atoms with van der Waals surface area (Å²) in [6.07, 6.45) is -0.410. The lowest BCUT2D eigenvalue weighted by molar-refractivity contribution is -0.274. The highest BCUT2D eigenvalue weighted by Gasteiger charge is 2.40. The van der Waals surface area contributed by atoms with E-state index in [-0.39, 0.29) is 36.5 Å². The van der Waals surface area contributed by atoms with Crippen LogP contribution in [0.1, 0.15) is 43.6 Å². The first-order valence-corrected chi connectivity index (χ1v) is 9.29. The molecule has 2 fully saturated rings. The molecule has 1 saturated heterocycles. The van der Waals surface area contributed by atoms with Crippen molar-refractivity contribution in [2.45, 2.75) is 50.0 Å². The number of hydrogen-bond donors (Lipinski definition) is 2. The molecule has 1 atom stereocenters. The average Bonchev–Trinajstić information content (AvgIpc) is 2.60. The molecule has 3 rings (SSSR count). The van der Waals surface area contributed by atoms with Crippen LogP contribution in [0, 0.1) is 6.07 Å². The fourth-order valence-corrected chi connectivity index (χ4v) is 4.11. The summed E-state index contributed by atoms with van der Waals surface area (Å²) in [4.78, 5) is 2.27. The summed E-state index contributed by atoms with van der Waals surface area (Å²) in [7, 11) is 0. The van der Waals surface area contributed by atoms with Gasteiger partial charge in [0.1, 0.15) is 5.75 Å². The molecule has 0 spiro atoms. The minimum Gasteiger partial charge on any atom is -0.405 e. The van der Waals surface area contributed by atoms with Gasteiger partial charge in [-0.15, -0.1) is 38.0 Å². The van der Waals surface area contributed by atoms with E-state index < -0.39 is 12.0 Å². The predicted molar refractivity (Wildman–Crippen MR) is 107 cm³/mol. The molecule has 0 aromatic heterocycles. The van der Waals surface area contributed by atoms with Gasteiger partial charge in [-0.3, -0.25) is 0 Å². The molecule has 1 radical (unpaired) electrons. The Hall–Kier alpha value is -0.730. The van der Waals surface area contributed by atoms with Gasteiger partial charge in [0, 0.05) is 44.7 Å². The Morgan fingerprint density at radius 1 is 1.18 bits per heavy atom. The largest absolute Gasteiger partial charge is 0.573 e. The van der Waals surface area contributed by atoms with Gasteiger partial charge in [-0.05, 0) is 24.5 Å². The summed E-state index contributed by atoms with van der Waals surface area (Å²) < 4.78 is 41.8. The topological polar surface area (TPSA) is 44.7 Å². The molecule has 1 unspecified atom stereocenters. The molecule has 4 nitrogen and oxygen atoms in total. The zero-order valence-corrected chi connectivity index (χ0v) is 17.3. The highest BCUT2D eigenvalue weighted by molar-refractivity contribution is 5.85. The van der Waals surface area contributed by atoms with E-state index in [4.69, 9.17) is 0 Å². The fraction of sp³-hybridized carbons (Fsp3) is 0.684. The van der Waals surface area contributed by atoms with Crippen LogP contribution < -0.4 is 10.1 Å². The van der Waals surface area contributed by atoms with Crippen LogP contribution in [0.15, 0.2) is 18.2 Å². The van der Waals surface area contributed by atoms with Gasteiger partial charge in [0.25, 0.3) is 0 Å². The molecule has 0 bridgehead atoms. The zero-order chi connectivity index (χ0) is 18.6. The van der Waals surface area contributed by atoms with Gasteiger partial charge in [0.15, 0.2) is 0 Å². The number of alkyl halides is 3. The van der Waals surface area contributed by atoms with Gasteiger partial charge in [-0.25, -0.2) is 0 Å². The van der Waals surface area contributed by atoms with Gasteiger partial charge in [-0.1, -0.05) is 31.4 Å². The third-order valence-corrected chi connectivity index (χ3v) is 5.45. The number of nitrogens with zero attached hydrogens (tertiary/aromatic N) is 1. The second-order valence-corrected chi connectivity index (χ2v) is 7.30. The lowest BCUT2D eigenvalue weighted by Gasteiger charge is -2.42. The third-order valence-electron chi connectivity index (χ3n) is 5.45. The van der Waals surface area contributed by atoms with E-state index in [1.807, 2.05) is 0 Å². The smallest absolute Gasteiger partial charge is 0.405 e. The number of rotatable bonds is 5. The Morgan fingerprint density at radius 3 is 2.43 bits per heavy atom. The maximum Gasteiger partial charge on any atom is 0.573 e. The van der Waals surface area contributed by atoms with Crippen molar-refractivity contribution in [3.05, 3.63) is 29.8 Å². The molecule has 1 saturated carbocycles. The van der Waals surface area contributed by atoms with E-state index in [1.165, 1.54) is 12.1 Å². The molecule has 0 amide bonds. The second kappa shape index (κ2) is 10.9. The van der Waals surface area contributed by atoms with Gasteiger partial charge in [0.2, 0.25) is 0 Å². The number of halogens is 5. The summed E-state index contributed by atoms with van der Waals surface area (Å²) >= 11 is 0. The first-order chi connectivity index (χ1) is 12.4. The van der Waals surface area contributed by atoms with Crippen LogP contribution >= 0.6 is 24.8 Å². The molecule has 9 heteroatoms. The molecule has 2 aliphatic rings. The minimum absolute atomic E-state index is 0. The minimum atomic E-state index is -4.75. The normalized spacial score (nSPS) is 21.1. The lowest BCUT2D eigenvalue weighted by atomic mass is 9.72. The van der Waals surface area contributed by atoms with Crippen molar-refractivity contribution in [1.29, 1.82) is 0 Å². The fourth-order valence-electron chi connectivity index (χ4n) is 4.11. The zero-order valence-electron chi connectivity index (χ0n) is 15.6. The third kappa shape index (κ3) is 6.95. The van der Waals surface area contributed by atoms with Crippen molar-refractivity contribution >= 4 is 24.8 Å². The van der Waals surface area contributed by atoms with Crippen molar-refractivity contribution in [2.75, 3.05) is 32.7 Å². The molecule has 161 valence electrons. The van der Waals surface area contributed by atoms with Gasteiger partial charge in [-0.2, -0.15) is 0 Å². The van der Waals surface area contributed by atoms with Crippen molar-refractivity contribution in [3.8, 4) is 5.75 Å². The first kappa shape index (κ1) is 25.3. The number of piperazine rings is 1. The van der Waals surface area contributed by atoms with Crippen LogP contribution in [-0.2, 0) is 0 Å². The predicted octanol–water partition coefficient (Wildman–Crippen LogP) is 3.91. The molecule has 2 N–H and O–H groups in total. The molecule has 28 heavy (non-hydrogen) atoms. The van der Waals surface area contributed by atoms with E-state index in [2.05, 4.69) is 21.0 Å². The van der Waals surface area contributed by atoms with Crippen molar-refractivity contribution < 1.29 is 23.0 Å². The van der Waals surface area contributed by atoms with Gasteiger partial charge >= 0.3 is 6.36 Å². The van der Waals surface area contributed by atoms with Crippen molar-refractivity contribution in [1.82, 2.24) is 10.2 Å². The van der Waals surface area contributed by atoms with Crippen molar-refractivity contribution in [3.63, 3.8) is 0 Å². The lowest BCUT2D eigenvalue weighted by Crippen LogP contribution is -2.49. The summed E-state index contributed by atoms with van der Waals surface area (Å²) in [5, 5.41) is 14.6. The van der Waals surface area contributed by atoms with Crippen LogP contribution in [0.5, 0.6) is 5.75 Å². The molecule has 1 aliphatic carbocycles. The van der Waals surface area contributed by atoms with Gasteiger partial charge in [0.05, 0.1) is 5.60 Å². The Bertz CT molecular complexity index is 593. The van der Waals surface area contributed by atoms with Crippen LogP contribution in [0.4, 0.5) is 13.2 Å². The number of ether oxygens (including phenoxy) is 1. The van der Waals surface area contributed by atoms with E-state index >= 15 is 0 Å². The van der Waals surface area contributed by atoms with E-state index in [0.29, 0.717) is 24.9 Å². The maximum atomic E-state index is 12.6. The standard InChI is InChI=1S/C19H26F3N2O2.2ClH/c20-19(21,22)26-16-6-4-5-15(13-16)17(14-24-11-9-23-10-12-24)18(25)7-2-1-3-8-18;;/h4-5,13,17,23,25H,1-3,7-12,14H2;2*1H. The average molecular weight is 444 g/mol. The van der Waals surface area contributed by atoms with Crippen LogP contribution in [-0.4, -0.2) is 54.7 Å². The number of nitrogens with one attached hydrogen (secondary N) is 1. The monoisotopic (exact) mass is 443 g/mol. The molecular formula is C19H28Cl2F3N2O2. The molecule has 1 aromatic carbocycles. The highest BCUT2D eigenvalue weighted by Crippen LogP contribution is 2.41. The Kier molecular flexibility index (Phi) is 9.83.